The Balaban J connectivity index is 3.69. The van der Waals surface area contributed by atoms with Gasteiger partial charge in [-0.1, -0.05) is 41.0 Å². The fraction of sp³-hybridized carbons (Fsp3) is 0.926. The fourth-order valence-electron chi connectivity index (χ4n) is 6.11. The molecule has 0 aromatic rings. The molecule has 0 bridgehead atoms. The largest absolute Gasteiger partial charge is 0.457 e. The molecular formula is C27H50FNO6. The van der Waals surface area contributed by atoms with E-state index in [2.05, 4.69) is 6.92 Å². The van der Waals surface area contributed by atoms with Gasteiger partial charge >= 0.3 is 5.97 Å². The van der Waals surface area contributed by atoms with Crippen LogP contribution in [0, 0.1) is 23.7 Å². The molecule has 0 radical (unpaired) electrons. The van der Waals surface area contributed by atoms with Crippen LogP contribution in [0.5, 0.6) is 0 Å². The molecule has 0 spiro atoms. The summed E-state index contributed by atoms with van der Waals surface area (Å²) in [6.07, 6.45) is -1.00. The highest BCUT2D eigenvalue weighted by molar-refractivity contribution is 6.07. The summed E-state index contributed by atoms with van der Waals surface area (Å²) in [5.74, 6) is -3.26. The number of hydrogen-bond donors (Lipinski definition) is 2. The van der Waals surface area contributed by atoms with E-state index in [4.69, 9.17) is 9.47 Å². The maximum atomic E-state index is 15.9. The molecule has 1 aliphatic rings. The molecule has 0 amide bonds. The summed E-state index contributed by atoms with van der Waals surface area (Å²) in [7, 11) is 3.47. The Morgan fingerprint density at radius 1 is 1.20 bits per heavy atom. The Hall–Kier alpha value is -1.09. The summed E-state index contributed by atoms with van der Waals surface area (Å²) >= 11 is 0. The SMILES string of the molecule is CC[C@H](C)[C@@H]1[C@@H](C)C(=O)[C@](C)(F)C(=O)O[C@H](CC)[C@@](C)(O)[C@H](O)[C@@H](C)N(C)C[C@H](C)C[C@@]1(C)OC. The lowest BCUT2D eigenvalue weighted by Gasteiger charge is -2.45. The van der Waals surface area contributed by atoms with Crippen molar-refractivity contribution in [2.75, 3.05) is 20.7 Å². The molecule has 206 valence electrons. The number of carbonyl (C=O) groups is 2. The van der Waals surface area contributed by atoms with E-state index in [1.54, 1.807) is 27.9 Å². The summed E-state index contributed by atoms with van der Waals surface area (Å²) in [4.78, 5) is 28.5. The van der Waals surface area contributed by atoms with E-state index in [1.807, 2.05) is 32.7 Å². The van der Waals surface area contributed by atoms with Crippen molar-refractivity contribution in [3.8, 4) is 0 Å². The number of carbonyl (C=O) groups excluding carboxylic acids is 2. The van der Waals surface area contributed by atoms with Crippen LogP contribution in [-0.4, -0.2) is 82.7 Å². The van der Waals surface area contributed by atoms with Crippen LogP contribution < -0.4 is 0 Å². The lowest BCUT2D eigenvalue weighted by Crippen LogP contribution is -2.59. The second-order valence-electron chi connectivity index (χ2n) is 11.5. The van der Waals surface area contributed by atoms with Crippen LogP contribution in [0.2, 0.25) is 0 Å². The Morgan fingerprint density at radius 3 is 2.20 bits per heavy atom. The van der Waals surface area contributed by atoms with Gasteiger partial charge < -0.3 is 24.6 Å². The maximum Gasteiger partial charge on any atom is 0.351 e. The first kappa shape index (κ1) is 31.9. The van der Waals surface area contributed by atoms with Gasteiger partial charge in [-0.15, -0.1) is 0 Å². The highest BCUT2D eigenvalue weighted by Crippen LogP contribution is 2.42. The van der Waals surface area contributed by atoms with Crippen molar-refractivity contribution in [3.63, 3.8) is 0 Å². The molecule has 1 heterocycles. The van der Waals surface area contributed by atoms with Gasteiger partial charge in [-0.3, -0.25) is 4.79 Å². The number of hydrogen-bond acceptors (Lipinski definition) is 7. The van der Waals surface area contributed by atoms with Crippen LogP contribution in [0.1, 0.15) is 81.6 Å². The Morgan fingerprint density at radius 2 is 1.74 bits per heavy atom. The molecule has 0 aliphatic carbocycles. The van der Waals surface area contributed by atoms with Crippen LogP contribution in [0.3, 0.4) is 0 Å². The van der Waals surface area contributed by atoms with Crippen LogP contribution >= 0.6 is 0 Å². The molecule has 1 rings (SSSR count). The Labute approximate surface area is 211 Å². The van der Waals surface area contributed by atoms with E-state index < -0.39 is 52.8 Å². The van der Waals surface area contributed by atoms with E-state index in [1.165, 1.54) is 6.92 Å². The van der Waals surface area contributed by atoms with E-state index in [0.29, 0.717) is 13.0 Å². The third kappa shape index (κ3) is 6.62. The average molecular weight is 504 g/mol. The number of rotatable bonds is 4. The van der Waals surface area contributed by atoms with Crippen LogP contribution in [0.25, 0.3) is 0 Å². The number of aliphatic hydroxyl groups is 2. The molecule has 1 aliphatic heterocycles. The molecule has 0 saturated carbocycles. The number of alkyl halides is 1. The van der Waals surface area contributed by atoms with Crippen molar-refractivity contribution in [3.05, 3.63) is 0 Å². The summed E-state index contributed by atoms with van der Waals surface area (Å²) in [5, 5.41) is 22.3. The Kier molecular flexibility index (Phi) is 10.9. The molecule has 2 N–H and O–H groups in total. The summed E-state index contributed by atoms with van der Waals surface area (Å²) in [6, 6.07) is -0.484. The number of ether oxygens (including phenoxy) is 2. The third-order valence-corrected chi connectivity index (χ3v) is 8.60. The summed E-state index contributed by atoms with van der Waals surface area (Å²) in [5.41, 5.74) is -5.53. The molecule has 1 fully saturated rings. The molecule has 7 nitrogen and oxygen atoms in total. The number of methoxy groups -OCH3 is 1. The zero-order valence-corrected chi connectivity index (χ0v) is 23.7. The predicted molar refractivity (Wildman–Crippen MR) is 135 cm³/mol. The normalized spacial score (nSPS) is 44.3. The molecule has 0 unspecified atom stereocenters. The Bertz CT molecular complexity index is 728. The van der Waals surface area contributed by atoms with E-state index in [9.17, 15) is 19.8 Å². The van der Waals surface area contributed by atoms with Crippen molar-refractivity contribution < 1.29 is 33.7 Å². The third-order valence-electron chi connectivity index (χ3n) is 8.60. The number of aliphatic hydroxyl groups excluding tert-OH is 1. The van der Waals surface area contributed by atoms with Gasteiger partial charge in [-0.2, -0.15) is 0 Å². The monoisotopic (exact) mass is 503 g/mol. The van der Waals surface area contributed by atoms with Gasteiger partial charge in [-0.05, 0) is 65.3 Å². The minimum atomic E-state index is -2.91. The average Bonchev–Trinajstić information content (AvgIpc) is 2.79. The number of esters is 1. The standard InChI is InChI=1S/C27H50FNO6/c1-12-17(4)21-18(5)22(30)26(8,28)24(32)35-20(13-2)27(9,33)23(31)19(6)29(10)15-16(3)14-25(21,7)34-11/h16-21,23,31,33H,12-15H2,1-11H3/t16-,17+,18-,19-,20-,21-,23-,25-,26+,27-/m1/s1. The number of likely N-dealkylation sites (N-methyl/N-ethyl adjacent to an activating group) is 1. The maximum absolute atomic E-state index is 15.9. The number of cyclic esters (lactones) is 1. The zero-order valence-electron chi connectivity index (χ0n) is 23.7. The van der Waals surface area contributed by atoms with Gasteiger partial charge in [0, 0.05) is 25.6 Å². The van der Waals surface area contributed by atoms with Crippen LogP contribution in [0.15, 0.2) is 0 Å². The molecular weight excluding hydrogens is 453 g/mol. The summed E-state index contributed by atoms with van der Waals surface area (Å²) in [6.45, 7) is 16.1. The highest BCUT2D eigenvalue weighted by atomic mass is 19.1. The van der Waals surface area contributed by atoms with Gasteiger partial charge in [0.25, 0.3) is 5.67 Å². The van der Waals surface area contributed by atoms with Crippen molar-refractivity contribution >= 4 is 11.8 Å². The number of nitrogens with zero attached hydrogens (tertiary/aromatic N) is 1. The minimum absolute atomic E-state index is 0.0243. The van der Waals surface area contributed by atoms with Gasteiger partial charge in [-0.25, -0.2) is 9.18 Å². The molecule has 0 aromatic heterocycles. The number of halogens is 1. The smallest absolute Gasteiger partial charge is 0.351 e. The minimum Gasteiger partial charge on any atom is -0.457 e. The molecule has 0 aromatic carbocycles. The molecule has 8 heteroatoms. The van der Waals surface area contributed by atoms with Crippen LogP contribution in [-0.2, 0) is 19.1 Å². The summed E-state index contributed by atoms with van der Waals surface area (Å²) < 4.78 is 27.4. The molecule has 10 atom stereocenters. The van der Waals surface area contributed by atoms with Gasteiger partial charge in [0.15, 0.2) is 5.78 Å². The second-order valence-corrected chi connectivity index (χ2v) is 11.5. The first-order chi connectivity index (χ1) is 15.9. The van der Waals surface area contributed by atoms with E-state index in [0.717, 1.165) is 13.3 Å². The number of ketones is 1. The van der Waals surface area contributed by atoms with Crippen molar-refractivity contribution in [1.29, 1.82) is 0 Å². The first-order valence-corrected chi connectivity index (χ1v) is 13.0. The van der Waals surface area contributed by atoms with Gasteiger partial charge in [0.2, 0.25) is 0 Å². The second kappa shape index (κ2) is 12.0. The lowest BCUT2D eigenvalue weighted by atomic mass is 9.66. The van der Waals surface area contributed by atoms with E-state index in [-0.39, 0.29) is 24.2 Å². The van der Waals surface area contributed by atoms with Gasteiger partial charge in [0.1, 0.15) is 17.8 Å². The number of Topliss-reactive ketones (excluding diaryl/α,β-unsaturated/α-hetero) is 1. The molecule has 35 heavy (non-hydrogen) atoms. The fourth-order valence-corrected chi connectivity index (χ4v) is 6.11. The van der Waals surface area contributed by atoms with Crippen molar-refractivity contribution in [1.82, 2.24) is 4.90 Å². The molecule has 1 saturated heterocycles. The van der Waals surface area contributed by atoms with Crippen LogP contribution in [0.4, 0.5) is 4.39 Å². The van der Waals surface area contributed by atoms with Crippen molar-refractivity contribution in [2.24, 2.45) is 23.7 Å². The van der Waals surface area contributed by atoms with E-state index >= 15 is 4.39 Å². The zero-order chi connectivity index (χ0) is 27.5. The van der Waals surface area contributed by atoms with Crippen molar-refractivity contribution in [2.45, 2.75) is 117 Å². The highest BCUT2D eigenvalue weighted by Gasteiger charge is 2.54. The quantitative estimate of drug-likeness (QED) is 0.445. The first-order valence-electron chi connectivity index (χ1n) is 13.0. The lowest BCUT2D eigenvalue weighted by molar-refractivity contribution is -0.196. The topological polar surface area (TPSA) is 96.3 Å². The predicted octanol–water partition coefficient (Wildman–Crippen LogP) is 3.78. The van der Waals surface area contributed by atoms with Gasteiger partial charge in [0.05, 0.1) is 5.60 Å².